The molecule has 0 saturated carbocycles. The maximum Gasteiger partial charge on any atom is 0.268 e. The lowest BCUT2D eigenvalue weighted by molar-refractivity contribution is 0.0939. The normalized spacial score (nSPS) is 10.9. The molecule has 0 atom stereocenters. The molecule has 0 aliphatic rings. The quantitative estimate of drug-likeness (QED) is 0.789. The molecule has 4 nitrogen and oxygen atoms in total. The predicted octanol–water partition coefficient (Wildman–Crippen LogP) is 3.20. The van der Waals surface area contributed by atoms with E-state index in [4.69, 9.17) is 4.74 Å². The molecule has 130 valence electrons. The largest absolute Gasteiger partial charge is 0.385 e. The molecule has 0 spiro atoms. The topological polar surface area (TPSA) is 43.3 Å². The Hall–Kier alpha value is -2.21. The van der Waals surface area contributed by atoms with Gasteiger partial charge in [-0.1, -0.05) is 6.07 Å². The van der Waals surface area contributed by atoms with Crippen LogP contribution in [0.1, 0.15) is 33.7 Å². The van der Waals surface area contributed by atoms with E-state index in [-0.39, 0.29) is 5.91 Å². The molecule has 24 heavy (non-hydrogen) atoms. The number of aromatic nitrogens is 1. The molecular weight excluding hydrogens is 314 g/mol. The zero-order chi connectivity index (χ0) is 17.7. The highest BCUT2D eigenvalue weighted by molar-refractivity contribution is 5.94. The van der Waals surface area contributed by atoms with Crippen LogP contribution in [-0.2, 0) is 11.3 Å². The molecule has 2 rings (SSSR count). The van der Waals surface area contributed by atoms with Crippen molar-refractivity contribution in [3.8, 4) is 0 Å². The summed E-state index contributed by atoms with van der Waals surface area (Å²) in [5.41, 5.74) is 2.87. The van der Waals surface area contributed by atoms with Crippen LogP contribution in [0.25, 0.3) is 0 Å². The van der Waals surface area contributed by atoms with E-state index >= 15 is 0 Å². The van der Waals surface area contributed by atoms with Gasteiger partial charge >= 0.3 is 0 Å². The van der Waals surface area contributed by atoms with Crippen molar-refractivity contribution in [3.05, 3.63) is 58.4 Å². The molecule has 0 bridgehead atoms. The highest BCUT2D eigenvalue weighted by Crippen LogP contribution is 2.18. The zero-order valence-corrected chi connectivity index (χ0v) is 14.2. The van der Waals surface area contributed by atoms with E-state index in [9.17, 15) is 13.6 Å². The third kappa shape index (κ3) is 4.20. The molecule has 6 heteroatoms. The summed E-state index contributed by atoms with van der Waals surface area (Å²) in [4.78, 5) is 12.5. The van der Waals surface area contributed by atoms with Gasteiger partial charge in [0.25, 0.3) is 5.91 Å². The molecule has 2 aromatic rings. The lowest BCUT2D eigenvalue weighted by Crippen LogP contribution is -2.28. The van der Waals surface area contributed by atoms with Gasteiger partial charge in [0.2, 0.25) is 0 Å². The molecule has 1 aromatic heterocycles. The number of ether oxygens (including phenoxy) is 1. The third-order valence-electron chi connectivity index (χ3n) is 3.85. The highest BCUT2D eigenvalue weighted by Gasteiger charge is 2.17. The number of nitrogens with zero attached hydrogens (tertiary/aromatic N) is 1. The Balaban J connectivity index is 2.20. The number of nitrogens with one attached hydrogen (secondary N) is 1. The van der Waals surface area contributed by atoms with E-state index in [1.165, 1.54) is 6.07 Å². The van der Waals surface area contributed by atoms with Crippen LogP contribution in [0.5, 0.6) is 0 Å². The van der Waals surface area contributed by atoms with Crippen molar-refractivity contribution in [3.63, 3.8) is 0 Å². The lowest BCUT2D eigenvalue weighted by Gasteiger charge is -2.13. The van der Waals surface area contributed by atoms with Crippen LogP contribution in [0.3, 0.4) is 0 Å². The summed E-state index contributed by atoms with van der Waals surface area (Å²) >= 11 is 0. The Kier molecular flexibility index (Phi) is 6.09. The van der Waals surface area contributed by atoms with Gasteiger partial charge in [-0.3, -0.25) is 4.79 Å². The lowest BCUT2D eigenvalue weighted by atomic mass is 10.2. The van der Waals surface area contributed by atoms with Crippen molar-refractivity contribution in [2.24, 2.45) is 0 Å². The van der Waals surface area contributed by atoms with Gasteiger partial charge in [-0.05, 0) is 49.6 Å². The van der Waals surface area contributed by atoms with Crippen LogP contribution in [-0.4, -0.2) is 30.7 Å². The molecule has 0 aliphatic carbocycles. The maximum atomic E-state index is 13.4. The first-order valence-electron chi connectivity index (χ1n) is 7.81. The van der Waals surface area contributed by atoms with Gasteiger partial charge in [0.05, 0.1) is 0 Å². The Morgan fingerprint density at radius 2 is 1.96 bits per heavy atom. The van der Waals surface area contributed by atoms with Crippen molar-refractivity contribution >= 4 is 5.91 Å². The van der Waals surface area contributed by atoms with Gasteiger partial charge in [-0.15, -0.1) is 0 Å². The number of rotatable bonds is 7. The fourth-order valence-corrected chi connectivity index (χ4v) is 2.68. The number of methoxy groups -OCH3 is 1. The Morgan fingerprint density at radius 1 is 1.21 bits per heavy atom. The summed E-state index contributed by atoms with van der Waals surface area (Å²) in [7, 11) is 1.61. The molecule has 1 heterocycles. The van der Waals surface area contributed by atoms with Crippen LogP contribution in [0.15, 0.2) is 24.3 Å². The number of aryl methyl sites for hydroxylation is 2. The van der Waals surface area contributed by atoms with Crippen molar-refractivity contribution < 1.29 is 18.3 Å². The highest BCUT2D eigenvalue weighted by atomic mass is 19.2. The van der Waals surface area contributed by atoms with Crippen molar-refractivity contribution in [1.82, 2.24) is 9.88 Å². The molecule has 1 amide bonds. The Bertz CT molecular complexity index is 726. The average molecular weight is 336 g/mol. The van der Waals surface area contributed by atoms with E-state index in [1.54, 1.807) is 7.11 Å². The summed E-state index contributed by atoms with van der Waals surface area (Å²) in [6, 6.07) is 5.68. The predicted molar refractivity (Wildman–Crippen MR) is 88.2 cm³/mol. The second-order valence-electron chi connectivity index (χ2n) is 5.75. The number of halogens is 2. The molecule has 0 unspecified atom stereocenters. The molecule has 0 fully saturated rings. The fraction of sp³-hybridized carbons (Fsp3) is 0.389. The number of carbonyl (C=O) groups is 1. The summed E-state index contributed by atoms with van der Waals surface area (Å²) in [6.45, 7) is 5.14. The van der Waals surface area contributed by atoms with E-state index in [1.807, 2.05) is 24.5 Å². The summed E-state index contributed by atoms with van der Waals surface area (Å²) in [6.07, 6.45) is 0.726. The van der Waals surface area contributed by atoms with Crippen molar-refractivity contribution in [2.75, 3.05) is 20.3 Å². The molecule has 0 saturated heterocycles. The monoisotopic (exact) mass is 336 g/mol. The number of hydrogen-bond acceptors (Lipinski definition) is 2. The van der Waals surface area contributed by atoms with E-state index in [2.05, 4.69) is 5.32 Å². The minimum atomic E-state index is -0.889. The molecule has 0 aliphatic heterocycles. The number of carbonyl (C=O) groups excluding carboxylic acids is 1. The smallest absolute Gasteiger partial charge is 0.268 e. The molecule has 0 radical (unpaired) electrons. The fourth-order valence-electron chi connectivity index (χ4n) is 2.68. The van der Waals surface area contributed by atoms with Crippen LogP contribution < -0.4 is 5.32 Å². The van der Waals surface area contributed by atoms with Gasteiger partial charge in [-0.2, -0.15) is 0 Å². The second kappa shape index (κ2) is 8.06. The molecular formula is C18H22F2N2O2. The van der Waals surface area contributed by atoms with Crippen molar-refractivity contribution in [2.45, 2.75) is 26.8 Å². The van der Waals surface area contributed by atoms with Crippen LogP contribution in [0.2, 0.25) is 0 Å². The van der Waals surface area contributed by atoms with Gasteiger partial charge in [0, 0.05) is 32.5 Å². The van der Waals surface area contributed by atoms with Crippen LogP contribution >= 0.6 is 0 Å². The van der Waals surface area contributed by atoms with Gasteiger partial charge < -0.3 is 14.6 Å². The third-order valence-corrected chi connectivity index (χ3v) is 3.85. The van der Waals surface area contributed by atoms with Gasteiger partial charge in [0.1, 0.15) is 5.69 Å². The first-order valence-corrected chi connectivity index (χ1v) is 7.81. The van der Waals surface area contributed by atoms with E-state index in [0.29, 0.717) is 31.0 Å². The minimum Gasteiger partial charge on any atom is -0.385 e. The summed E-state index contributed by atoms with van der Waals surface area (Å²) in [5.74, 6) is -1.95. The minimum absolute atomic E-state index is 0.181. The Morgan fingerprint density at radius 3 is 2.62 bits per heavy atom. The first-order chi connectivity index (χ1) is 11.4. The maximum absolute atomic E-state index is 13.4. The number of benzene rings is 1. The van der Waals surface area contributed by atoms with E-state index in [0.717, 1.165) is 29.8 Å². The second-order valence-corrected chi connectivity index (χ2v) is 5.75. The van der Waals surface area contributed by atoms with Crippen LogP contribution in [0, 0.1) is 25.5 Å². The average Bonchev–Trinajstić information content (AvgIpc) is 2.81. The summed E-state index contributed by atoms with van der Waals surface area (Å²) in [5, 5.41) is 2.86. The SMILES string of the molecule is COCCCNC(=O)c1c(C)cc(C)n1Cc1ccc(F)c(F)c1. The molecule has 1 N–H and O–H groups in total. The zero-order valence-electron chi connectivity index (χ0n) is 14.2. The van der Waals surface area contributed by atoms with Crippen LogP contribution in [0.4, 0.5) is 8.78 Å². The van der Waals surface area contributed by atoms with Gasteiger partial charge in [0.15, 0.2) is 11.6 Å². The Labute approximate surface area is 140 Å². The standard InChI is InChI=1S/C18H22F2N2O2/c1-12-9-13(2)22(11-14-5-6-15(19)16(20)10-14)17(12)18(23)21-7-4-8-24-3/h5-6,9-10H,4,7-8,11H2,1-3H3,(H,21,23). The van der Waals surface area contributed by atoms with E-state index < -0.39 is 11.6 Å². The summed E-state index contributed by atoms with van der Waals surface area (Å²) < 4.78 is 33.3. The van der Waals surface area contributed by atoms with Crippen molar-refractivity contribution in [1.29, 1.82) is 0 Å². The first kappa shape index (κ1) is 18.1. The number of amides is 1. The van der Waals surface area contributed by atoms with Gasteiger partial charge in [-0.25, -0.2) is 8.78 Å². The number of hydrogen-bond donors (Lipinski definition) is 1. The molecule has 1 aromatic carbocycles.